The minimum Gasteiger partial charge on any atom is -0.489 e. The van der Waals surface area contributed by atoms with Gasteiger partial charge in [0, 0.05) is 11.6 Å². The number of rotatable bonds is 5. The van der Waals surface area contributed by atoms with E-state index in [0.29, 0.717) is 11.3 Å². The van der Waals surface area contributed by atoms with Crippen LogP contribution in [0.15, 0.2) is 48.5 Å². The molecule has 0 aliphatic carbocycles. The highest BCUT2D eigenvalue weighted by atomic mass is 19.1. The van der Waals surface area contributed by atoms with Gasteiger partial charge in [-0.2, -0.15) is 5.21 Å². The van der Waals surface area contributed by atoms with Crippen LogP contribution in [0.2, 0.25) is 0 Å². The van der Waals surface area contributed by atoms with E-state index < -0.39 is 0 Å². The van der Waals surface area contributed by atoms with Gasteiger partial charge in [-0.1, -0.05) is 23.3 Å². The Morgan fingerprint density at radius 3 is 2.87 bits per heavy atom. The number of H-pyrrole nitrogens is 1. The second-order valence-corrected chi connectivity index (χ2v) is 4.64. The number of aromatic nitrogens is 4. The van der Waals surface area contributed by atoms with Crippen LogP contribution < -0.4 is 10.1 Å². The summed E-state index contributed by atoms with van der Waals surface area (Å²) in [5, 5.41) is 15.4. The molecule has 3 rings (SSSR count). The maximum Gasteiger partial charge on any atom is 0.270 e. The molecule has 0 fully saturated rings. The predicted octanol–water partition coefficient (Wildman–Crippen LogP) is 2.17. The van der Waals surface area contributed by atoms with Crippen molar-refractivity contribution >= 4 is 11.9 Å². The van der Waals surface area contributed by atoms with Gasteiger partial charge in [0.05, 0.1) is 0 Å². The molecule has 0 spiro atoms. The molecule has 23 heavy (non-hydrogen) atoms. The molecule has 0 atom stereocenters. The van der Waals surface area contributed by atoms with E-state index in [0.717, 1.165) is 5.56 Å². The Morgan fingerprint density at radius 1 is 1.22 bits per heavy atom. The lowest BCUT2D eigenvalue weighted by molar-refractivity contribution is 0.102. The summed E-state index contributed by atoms with van der Waals surface area (Å²) in [5.74, 6) is -0.210. The molecule has 0 bridgehead atoms. The van der Waals surface area contributed by atoms with Gasteiger partial charge in [0.2, 0.25) is 0 Å². The predicted molar refractivity (Wildman–Crippen MR) is 79.3 cm³/mol. The third kappa shape index (κ3) is 3.88. The molecule has 7 nitrogen and oxygen atoms in total. The summed E-state index contributed by atoms with van der Waals surface area (Å²) in [6.45, 7) is 0.215. The van der Waals surface area contributed by atoms with Crippen LogP contribution >= 0.6 is 0 Å². The first kappa shape index (κ1) is 14.6. The standard InChI is InChI=1S/C15H12FN5O2/c16-12-5-2-6-13(8-12)23-9-10-3-1-4-11(7-10)14(22)17-15-18-20-21-19-15/h1-8H,9H2,(H2,17,18,19,20,21,22). The quantitative estimate of drug-likeness (QED) is 0.753. The molecule has 2 N–H and O–H groups in total. The number of carbonyl (C=O) groups excluding carboxylic acids is 1. The second-order valence-electron chi connectivity index (χ2n) is 4.64. The maximum absolute atomic E-state index is 13.1. The molecule has 0 aliphatic heterocycles. The molecule has 0 saturated carbocycles. The third-order valence-electron chi connectivity index (χ3n) is 2.96. The van der Waals surface area contributed by atoms with Gasteiger partial charge in [-0.05, 0) is 35.0 Å². The Bertz CT molecular complexity index is 807. The summed E-state index contributed by atoms with van der Waals surface area (Å²) >= 11 is 0. The minimum atomic E-state index is -0.365. The molecule has 0 unspecified atom stereocenters. The highest BCUT2D eigenvalue weighted by molar-refractivity contribution is 6.03. The molecule has 0 aliphatic rings. The lowest BCUT2D eigenvalue weighted by atomic mass is 10.1. The van der Waals surface area contributed by atoms with Crippen LogP contribution in [0, 0.1) is 5.82 Å². The summed E-state index contributed by atoms with van der Waals surface area (Å²) in [6, 6.07) is 12.7. The number of tetrazole rings is 1. The van der Waals surface area contributed by atoms with Crippen LogP contribution in [0.5, 0.6) is 5.75 Å². The highest BCUT2D eigenvalue weighted by Gasteiger charge is 2.09. The number of ether oxygens (including phenoxy) is 1. The van der Waals surface area contributed by atoms with E-state index in [-0.39, 0.29) is 24.3 Å². The van der Waals surface area contributed by atoms with Gasteiger partial charge < -0.3 is 4.74 Å². The van der Waals surface area contributed by atoms with E-state index in [9.17, 15) is 9.18 Å². The average Bonchev–Trinajstić information content (AvgIpc) is 3.06. The number of anilines is 1. The number of hydrogen-bond donors (Lipinski definition) is 2. The molecular formula is C15H12FN5O2. The molecular weight excluding hydrogens is 301 g/mol. The van der Waals surface area contributed by atoms with Crippen LogP contribution in [0.1, 0.15) is 15.9 Å². The Hall–Kier alpha value is -3.29. The number of nitrogens with one attached hydrogen (secondary N) is 2. The van der Waals surface area contributed by atoms with Crippen LogP contribution in [0.25, 0.3) is 0 Å². The molecule has 8 heteroatoms. The molecule has 1 amide bonds. The van der Waals surface area contributed by atoms with Gasteiger partial charge >= 0.3 is 0 Å². The van der Waals surface area contributed by atoms with E-state index in [1.807, 2.05) is 6.07 Å². The van der Waals surface area contributed by atoms with Crippen molar-refractivity contribution in [3.63, 3.8) is 0 Å². The fraction of sp³-hybridized carbons (Fsp3) is 0.0667. The van der Waals surface area contributed by atoms with Crippen LogP contribution in [-0.4, -0.2) is 26.5 Å². The molecule has 1 heterocycles. The van der Waals surface area contributed by atoms with Gasteiger partial charge in [0.25, 0.3) is 11.9 Å². The summed E-state index contributed by atoms with van der Waals surface area (Å²) in [4.78, 5) is 12.1. The summed E-state index contributed by atoms with van der Waals surface area (Å²) in [5.41, 5.74) is 1.20. The first-order chi connectivity index (χ1) is 11.2. The van der Waals surface area contributed by atoms with Crippen molar-refractivity contribution in [2.45, 2.75) is 6.61 Å². The normalized spacial score (nSPS) is 10.3. The van der Waals surface area contributed by atoms with Crippen molar-refractivity contribution in [1.82, 2.24) is 20.6 Å². The molecule has 116 valence electrons. The largest absolute Gasteiger partial charge is 0.489 e. The first-order valence-corrected chi connectivity index (χ1v) is 6.73. The van der Waals surface area contributed by atoms with Crippen molar-refractivity contribution in [2.24, 2.45) is 0 Å². The number of hydrogen-bond acceptors (Lipinski definition) is 5. The van der Waals surface area contributed by atoms with E-state index in [1.54, 1.807) is 30.3 Å². The van der Waals surface area contributed by atoms with Crippen molar-refractivity contribution in [3.05, 3.63) is 65.5 Å². The van der Waals surface area contributed by atoms with Gasteiger partial charge in [-0.25, -0.2) is 4.39 Å². The van der Waals surface area contributed by atoms with Gasteiger partial charge in [0.15, 0.2) is 0 Å². The highest BCUT2D eigenvalue weighted by Crippen LogP contribution is 2.15. The molecule has 3 aromatic rings. The Kier molecular flexibility index (Phi) is 4.23. The monoisotopic (exact) mass is 313 g/mol. The number of amides is 1. The number of aromatic amines is 1. The summed E-state index contributed by atoms with van der Waals surface area (Å²) in [7, 11) is 0. The van der Waals surface area contributed by atoms with Crippen molar-refractivity contribution in [1.29, 1.82) is 0 Å². The lowest BCUT2D eigenvalue weighted by Crippen LogP contribution is -2.13. The fourth-order valence-corrected chi connectivity index (χ4v) is 1.91. The van der Waals surface area contributed by atoms with Crippen LogP contribution in [-0.2, 0) is 6.61 Å². The Labute approximate surface area is 130 Å². The van der Waals surface area contributed by atoms with E-state index in [4.69, 9.17) is 4.74 Å². The Balaban J connectivity index is 1.66. The minimum absolute atomic E-state index is 0.0939. The summed E-state index contributed by atoms with van der Waals surface area (Å²) in [6.07, 6.45) is 0. The van der Waals surface area contributed by atoms with Crippen molar-refractivity contribution in [2.75, 3.05) is 5.32 Å². The Morgan fingerprint density at radius 2 is 2.09 bits per heavy atom. The molecule has 2 aromatic carbocycles. The molecule has 1 aromatic heterocycles. The second kappa shape index (κ2) is 6.65. The fourth-order valence-electron chi connectivity index (χ4n) is 1.91. The molecule has 0 saturated heterocycles. The maximum atomic E-state index is 13.1. The zero-order chi connectivity index (χ0) is 16.1. The van der Waals surface area contributed by atoms with Crippen molar-refractivity contribution in [3.8, 4) is 5.75 Å². The van der Waals surface area contributed by atoms with E-state index >= 15 is 0 Å². The van der Waals surface area contributed by atoms with Crippen LogP contribution in [0.3, 0.4) is 0 Å². The SMILES string of the molecule is O=C(Nc1nn[nH]n1)c1cccc(COc2cccc(F)c2)c1. The van der Waals surface area contributed by atoms with Gasteiger partial charge in [-0.15, -0.1) is 5.10 Å². The average molecular weight is 313 g/mol. The van der Waals surface area contributed by atoms with E-state index in [2.05, 4.69) is 25.9 Å². The van der Waals surface area contributed by atoms with Gasteiger partial charge in [0.1, 0.15) is 18.2 Å². The first-order valence-electron chi connectivity index (χ1n) is 6.73. The number of halogens is 1. The third-order valence-corrected chi connectivity index (χ3v) is 2.96. The molecule has 0 radical (unpaired) electrons. The smallest absolute Gasteiger partial charge is 0.270 e. The zero-order valence-electron chi connectivity index (χ0n) is 11.9. The van der Waals surface area contributed by atoms with Crippen LogP contribution in [0.4, 0.5) is 10.3 Å². The summed E-state index contributed by atoms with van der Waals surface area (Å²) < 4.78 is 18.6. The topological polar surface area (TPSA) is 92.8 Å². The number of benzene rings is 2. The van der Waals surface area contributed by atoms with Crippen molar-refractivity contribution < 1.29 is 13.9 Å². The zero-order valence-corrected chi connectivity index (χ0v) is 11.9. The van der Waals surface area contributed by atoms with Gasteiger partial charge in [-0.3, -0.25) is 10.1 Å². The lowest BCUT2D eigenvalue weighted by Gasteiger charge is -2.08. The number of carbonyl (C=O) groups is 1. The van der Waals surface area contributed by atoms with E-state index in [1.165, 1.54) is 12.1 Å². The number of nitrogens with zero attached hydrogens (tertiary/aromatic N) is 3.